The third-order valence-corrected chi connectivity index (χ3v) is 8.92. The summed E-state index contributed by atoms with van der Waals surface area (Å²) in [4.78, 5) is 2.71. The Kier molecular flexibility index (Phi) is 18.8. The van der Waals surface area contributed by atoms with Crippen LogP contribution in [0.25, 0.3) is 0 Å². The van der Waals surface area contributed by atoms with Crippen molar-refractivity contribution in [3.63, 3.8) is 0 Å². The molecule has 0 N–H and O–H groups in total. The lowest BCUT2D eigenvalue weighted by molar-refractivity contribution is 0.254. The van der Waals surface area contributed by atoms with Gasteiger partial charge in [0.1, 0.15) is 0 Å². The molecule has 0 spiro atoms. The van der Waals surface area contributed by atoms with Crippen LogP contribution in [0.15, 0.2) is 0 Å². The normalized spacial score (nSPS) is 12.0. The third-order valence-electron chi connectivity index (χ3n) is 7.04. The molecule has 2 nitrogen and oxygen atoms in total. The predicted octanol–water partition coefficient (Wildman–Crippen LogP) is 12.0. The highest BCUT2D eigenvalue weighted by Gasteiger charge is 2.29. The molecule has 0 fully saturated rings. The smallest absolute Gasteiger partial charge is 0.175 e. The Hall–Kier alpha value is -0.700. The molecule has 0 radical (unpaired) electrons. The molecule has 0 aliphatic carbocycles. The van der Waals surface area contributed by atoms with E-state index in [1.807, 2.05) is 11.3 Å². The lowest BCUT2D eigenvalue weighted by atomic mass is 9.93. The van der Waals surface area contributed by atoms with Gasteiger partial charge in [0.2, 0.25) is 0 Å². The molecule has 1 aromatic rings. The topological polar surface area (TPSA) is 18.5 Å². The summed E-state index contributed by atoms with van der Waals surface area (Å²) in [5.74, 6) is 2.56. The number of hydrogen-bond acceptors (Lipinski definition) is 3. The molecular formula is C33H62O2S. The summed E-state index contributed by atoms with van der Waals surface area (Å²) in [5, 5.41) is 0. The second-order valence-corrected chi connectivity index (χ2v) is 13.3. The molecule has 0 aliphatic rings. The molecule has 0 saturated carbocycles. The van der Waals surface area contributed by atoms with Crippen LogP contribution < -0.4 is 9.47 Å². The first-order valence-corrected chi connectivity index (χ1v) is 16.6. The summed E-state index contributed by atoms with van der Waals surface area (Å²) in [7, 11) is 0. The van der Waals surface area contributed by atoms with Crippen LogP contribution in [0.3, 0.4) is 0 Å². The average Bonchev–Trinajstić information content (AvgIpc) is 3.20. The number of rotatable bonds is 23. The van der Waals surface area contributed by atoms with Crippen molar-refractivity contribution in [3.8, 4) is 11.5 Å². The van der Waals surface area contributed by atoms with E-state index in [4.69, 9.17) is 9.47 Å². The summed E-state index contributed by atoms with van der Waals surface area (Å²) in [6.45, 7) is 17.7. The van der Waals surface area contributed by atoms with E-state index in [9.17, 15) is 0 Å². The second-order valence-electron chi connectivity index (χ2n) is 12.2. The van der Waals surface area contributed by atoms with Crippen molar-refractivity contribution in [2.45, 2.75) is 175 Å². The van der Waals surface area contributed by atoms with Crippen molar-refractivity contribution in [3.05, 3.63) is 9.75 Å². The Bertz CT molecular complexity index is 641. The van der Waals surface area contributed by atoms with Crippen LogP contribution in [0.2, 0.25) is 0 Å². The molecule has 0 aromatic carbocycles. The Morgan fingerprint density at radius 3 is 1.28 bits per heavy atom. The van der Waals surface area contributed by atoms with Gasteiger partial charge in [0, 0.05) is 5.41 Å². The maximum atomic E-state index is 6.51. The fourth-order valence-electron chi connectivity index (χ4n) is 4.73. The highest BCUT2D eigenvalue weighted by atomic mass is 32.1. The lowest BCUT2D eigenvalue weighted by Gasteiger charge is -2.20. The Morgan fingerprint density at radius 2 is 0.917 bits per heavy atom. The molecule has 1 aromatic heterocycles. The SMILES string of the molecule is CCCCCCCCCCCOc1c(C(C)C)sc(C(C)(C)C)c1OCCCCCCCCCCC. The van der Waals surface area contributed by atoms with Crippen molar-refractivity contribution in [2.24, 2.45) is 0 Å². The van der Waals surface area contributed by atoms with Gasteiger partial charge in [-0.15, -0.1) is 11.3 Å². The Balaban J connectivity index is 2.53. The van der Waals surface area contributed by atoms with E-state index in [1.165, 1.54) is 112 Å². The predicted molar refractivity (Wildman–Crippen MR) is 163 cm³/mol. The summed E-state index contributed by atoms with van der Waals surface area (Å²) < 4.78 is 13.0. The summed E-state index contributed by atoms with van der Waals surface area (Å²) in [5.41, 5.74) is 0.0709. The number of ether oxygens (including phenoxy) is 2. The monoisotopic (exact) mass is 522 g/mol. The third kappa shape index (κ3) is 14.3. The second kappa shape index (κ2) is 20.3. The van der Waals surface area contributed by atoms with Crippen LogP contribution in [0.4, 0.5) is 0 Å². The van der Waals surface area contributed by atoms with Crippen LogP contribution in [0.5, 0.6) is 11.5 Å². The largest absolute Gasteiger partial charge is 0.489 e. The molecule has 1 heterocycles. The van der Waals surface area contributed by atoms with Gasteiger partial charge >= 0.3 is 0 Å². The number of unbranched alkanes of at least 4 members (excludes halogenated alkanes) is 16. The van der Waals surface area contributed by atoms with Gasteiger partial charge in [-0.3, -0.25) is 0 Å². The standard InChI is InChI=1S/C33H62O2S/c1-8-10-12-14-16-18-20-22-24-26-34-29-30(32(33(5,6)7)36-31(29)28(3)4)35-27-25-23-21-19-17-15-13-11-9-2/h28H,8-27H2,1-7H3. The summed E-state index contributed by atoms with van der Waals surface area (Å²) in [6, 6.07) is 0. The minimum Gasteiger partial charge on any atom is -0.489 e. The quantitative estimate of drug-likeness (QED) is 0.133. The van der Waals surface area contributed by atoms with Gasteiger partial charge in [-0.25, -0.2) is 0 Å². The van der Waals surface area contributed by atoms with Crippen LogP contribution in [-0.4, -0.2) is 13.2 Å². The van der Waals surface area contributed by atoms with Crippen LogP contribution >= 0.6 is 11.3 Å². The molecule has 0 amide bonds. The number of thiophene rings is 1. The lowest BCUT2D eigenvalue weighted by Crippen LogP contribution is -2.12. The van der Waals surface area contributed by atoms with E-state index in [1.54, 1.807) is 0 Å². The maximum absolute atomic E-state index is 6.51. The summed E-state index contributed by atoms with van der Waals surface area (Å²) in [6.07, 6.45) is 24.1. The van der Waals surface area contributed by atoms with Gasteiger partial charge in [0.05, 0.1) is 23.0 Å². The minimum absolute atomic E-state index is 0.0709. The molecular weight excluding hydrogens is 460 g/mol. The van der Waals surface area contributed by atoms with Gasteiger partial charge in [-0.2, -0.15) is 0 Å². The highest BCUT2D eigenvalue weighted by molar-refractivity contribution is 7.13. The molecule has 0 bridgehead atoms. The molecule has 0 unspecified atom stereocenters. The minimum atomic E-state index is 0.0709. The fraction of sp³-hybridized carbons (Fsp3) is 0.879. The molecule has 36 heavy (non-hydrogen) atoms. The maximum Gasteiger partial charge on any atom is 0.175 e. The van der Waals surface area contributed by atoms with Gasteiger partial charge in [-0.05, 0) is 18.8 Å². The highest BCUT2D eigenvalue weighted by Crippen LogP contribution is 2.50. The van der Waals surface area contributed by atoms with Gasteiger partial charge in [-0.1, -0.05) is 151 Å². The number of hydrogen-bond donors (Lipinski definition) is 0. The van der Waals surface area contributed by atoms with E-state index >= 15 is 0 Å². The molecule has 1 rings (SSSR count). The van der Waals surface area contributed by atoms with Crippen LogP contribution in [0, 0.1) is 0 Å². The van der Waals surface area contributed by atoms with E-state index in [-0.39, 0.29) is 5.41 Å². The first-order chi connectivity index (χ1) is 17.3. The average molecular weight is 523 g/mol. The molecule has 0 aliphatic heterocycles. The molecule has 0 saturated heterocycles. The van der Waals surface area contributed by atoms with Crippen molar-refractivity contribution >= 4 is 11.3 Å². The first-order valence-electron chi connectivity index (χ1n) is 15.8. The zero-order chi connectivity index (χ0) is 26.7. The Morgan fingerprint density at radius 1 is 0.556 bits per heavy atom. The molecule has 212 valence electrons. The van der Waals surface area contributed by atoms with Crippen molar-refractivity contribution < 1.29 is 9.47 Å². The van der Waals surface area contributed by atoms with Crippen molar-refractivity contribution in [1.29, 1.82) is 0 Å². The first kappa shape index (κ1) is 33.3. The van der Waals surface area contributed by atoms with E-state index in [2.05, 4.69) is 48.5 Å². The van der Waals surface area contributed by atoms with E-state index in [0.29, 0.717) is 5.92 Å². The van der Waals surface area contributed by atoms with Crippen LogP contribution in [-0.2, 0) is 5.41 Å². The van der Waals surface area contributed by atoms with Crippen LogP contribution in [0.1, 0.15) is 180 Å². The van der Waals surface area contributed by atoms with E-state index < -0.39 is 0 Å². The molecule has 0 atom stereocenters. The van der Waals surface area contributed by atoms with E-state index in [0.717, 1.165) is 37.6 Å². The zero-order valence-corrected chi connectivity index (χ0v) is 26.3. The fourth-order valence-corrected chi connectivity index (χ4v) is 5.98. The van der Waals surface area contributed by atoms with Gasteiger partial charge < -0.3 is 9.47 Å². The Labute approximate surface area is 230 Å². The van der Waals surface area contributed by atoms with Gasteiger partial charge in [0.25, 0.3) is 0 Å². The van der Waals surface area contributed by atoms with Gasteiger partial charge in [0.15, 0.2) is 11.5 Å². The summed E-state index contributed by atoms with van der Waals surface area (Å²) >= 11 is 1.91. The van der Waals surface area contributed by atoms with Crippen molar-refractivity contribution in [1.82, 2.24) is 0 Å². The molecule has 3 heteroatoms. The zero-order valence-electron chi connectivity index (χ0n) is 25.4. The van der Waals surface area contributed by atoms with Crippen molar-refractivity contribution in [2.75, 3.05) is 13.2 Å².